The lowest BCUT2D eigenvalue weighted by molar-refractivity contribution is -0.0429. The van der Waals surface area contributed by atoms with E-state index in [1.165, 1.54) is 25.0 Å². The second-order valence-corrected chi connectivity index (χ2v) is 10.1. The summed E-state index contributed by atoms with van der Waals surface area (Å²) in [5.74, 6) is -0.178. The van der Waals surface area contributed by atoms with E-state index in [4.69, 9.17) is 0 Å². The molecule has 0 radical (unpaired) electrons. The molecule has 0 aliphatic rings. The van der Waals surface area contributed by atoms with E-state index < -0.39 is 11.0 Å². The molecule has 0 saturated carbocycles. The number of carbonyl (C=O) groups excluding carboxylic acids is 1. The molecule has 180 valence electrons. The van der Waals surface area contributed by atoms with Crippen LogP contribution in [0.5, 0.6) is 0 Å². The quantitative estimate of drug-likeness (QED) is 0.302. The van der Waals surface area contributed by atoms with Gasteiger partial charge in [0.15, 0.2) is 0 Å². The van der Waals surface area contributed by atoms with Crippen molar-refractivity contribution in [1.29, 1.82) is 0 Å². The first-order valence-corrected chi connectivity index (χ1v) is 12.3. The minimum absolute atomic E-state index is 0.178. The Bertz CT molecular complexity index is 1240. The molecule has 0 saturated heterocycles. The van der Waals surface area contributed by atoms with Crippen molar-refractivity contribution in [2.45, 2.75) is 32.8 Å². The summed E-state index contributed by atoms with van der Waals surface area (Å²) in [6.07, 6.45) is 13.1. The van der Waals surface area contributed by atoms with Crippen LogP contribution in [0.1, 0.15) is 54.5 Å². The zero-order valence-corrected chi connectivity index (χ0v) is 22.6. The summed E-state index contributed by atoms with van der Waals surface area (Å²) in [5, 5.41) is 11.4. The summed E-state index contributed by atoms with van der Waals surface area (Å²) in [5.41, 5.74) is 0.437. The molecular weight excluding hydrogens is 576 g/mol. The predicted octanol–water partition coefficient (Wildman–Crippen LogP) is 5.17. The first kappa shape index (κ1) is 26.7. The van der Waals surface area contributed by atoms with Gasteiger partial charge in [0, 0.05) is 57.1 Å². The number of ketones is 1. The van der Waals surface area contributed by atoms with Crippen molar-refractivity contribution in [2.75, 3.05) is 0 Å². The van der Waals surface area contributed by atoms with Gasteiger partial charge in [0.1, 0.15) is 23.9 Å². The summed E-state index contributed by atoms with van der Waals surface area (Å²) in [7, 11) is 0. The fourth-order valence-electron chi connectivity index (χ4n) is 3.29. The first-order valence-electron chi connectivity index (χ1n) is 10.7. The average Bonchev–Trinajstić information content (AvgIpc) is 2.90. The van der Waals surface area contributed by atoms with Gasteiger partial charge in [-0.3, -0.25) is 14.8 Å². The zero-order chi connectivity index (χ0) is 25.5. The second-order valence-electron chi connectivity index (χ2n) is 8.25. The van der Waals surface area contributed by atoms with Crippen molar-refractivity contribution in [1.82, 2.24) is 29.9 Å². The molecule has 0 aliphatic heterocycles. The topological polar surface area (TPSA) is 115 Å². The van der Waals surface area contributed by atoms with E-state index in [9.17, 15) is 9.90 Å². The highest BCUT2D eigenvalue weighted by Gasteiger charge is 2.46. The fourth-order valence-corrected chi connectivity index (χ4v) is 3.76. The molecule has 8 nitrogen and oxygen atoms in total. The van der Waals surface area contributed by atoms with Gasteiger partial charge in [-0.1, -0.05) is 20.8 Å². The monoisotopic (exact) mass is 598 g/mol. The van der Waals surface area contributed by atoms with E-state index in [0.717, 1.165) is 15.4 Å². The van der Waals surface area contributed by atoms with Crippen LogP contribution in [0.25, 0.3) is 0 Å². The Labute approximate surface area is 220 Å². The van der Waals surface area contributed by atoms with Gasteiger partial charge in [0.2, 0.25) is 5.78 Å². The highest BCUT2D eigenvalue weighted by Crippen LogP contribution is 2.45. The Hall–Kier alpha value is -2.95. The Morgan fingerprint density at radius 2 is 1.37 bits per heavy atom. The third-order valence-corrected chi connectivity index (χ3v) is 6.66. The number of aromatic nitrogens is 6. The number of hydrogen-bond acceptors (Lipinski definition) is 8. The van der Waals surface area contributed by atoms with Crippen molar-refractivity contribution >= 4 is 37.6 Å². The van der Waals surface area contributed by atoms with Crippen LogP contribution in [-0.4, -0.2) is 40.8 Å². The normalized spacial score (nSPS) is 12.7. The van der Waals surface area contributed by atoms with Gasteiger partial charge in [-0.05, 0) is 62.5 Å². The van der Waals surface area contributed by atoms with Crippen molar-refractivity contribution in [3.8, 4) is 0 Å². The number of halogens is 2. The summed E-state index contributed by atoms with van der Waals surface area (Å²) >= 11 is 6.62. The maximum absolute atomic E-state index is 11.8. The number of rotatable bonds is 6. The number of pyridine rings is 2. The maximum Gasteiger partial charge on any atom is 0.214 e. The molecule has 4 aromatic heterocycles. The molecule has 0 spiro atoms. The summed E-state index contributed by atoms with van der Waals surface area (Å²) in [6.45, 7) is 6.08. The van der Waals surface area contributed by atoms with Crippen LogP contribution in [0.15, 0.2) is 83.0 Å². The molecule has 1 unspecified atom stereocenters. The largest absolute Gasteiger partial charge is 0.378 e. The standard InChI is InChI=1S/C15H18BrN3O.C10H6BrN3O/c1-4-14(2,3)15(20,11-7-17-10-18-8-11)13-6-5-12(16)9-19-13;11-8-1-2-9(14-5-8)10(15)7-3-12-6-13-4-7/h5-10,20H,4H2,1-3H3;1-6H. The molecule has 4 rings (SSSR count). The van der Waals surface area contributed by atoms with E-state index in [0.29, 0.717) is 22.5 Å². The molecule has 0 aromatic carbocycles. The average molecular weight is 600 g/mol. The van der Waals surface area contributed by atoms with Crippen molar-refractivity contribution < 1.29 is 9.90 Å². The SMILES string of the molecule is CCC(C)(C)C(O)(c1cncnc1)c1ccc(Br)cn1.O=C(c1cncnc1)c1ccc(Br)cn1. The molecule has 1 N–H and O–H groups in total. The molecule has 0 fully saturated rings. The first-order chi connectivity index (χ1) is 16.7. The Morgan fingerprint density at radius 1 is 0.829 bits per heavy atom. The summed E-state index contributed by atoms with van der Waals surface area (Å²) in [6, 6.07) is 7.13. The number of aliphatic hydroxyl groups is 1. The van der Waals surface area contributed by atoms with E-state index in [-0.39, 0.29) is 5.78 Å². The number of nitrogens with zero attached hydrogens (tertiary/aromatic N) is 6. The van der Waals surface area contributed by atoms with Crippen molar-refractivity contribution in [3.05, 3.63) is 106 Å². The van der Waals surface area contributed by atoms with Crippen LogP contribution in [-0.2, 0) is 5.60 Å². The van der Waals surface area contributed by atoms with Gasteiger partial charge in [-0.2, -0.15) is 0 Å². The summed E-state index contributed by atoms with van der Waals surface area (Å²) < 4.78 is 1.71. The Morgan fingerprint density at radius 3 is 1.86 bits per heavy atom. The van der Waals surface area contributed by atoms with Gasteiger partial charge in [0.05, 0.1) is 11.3 Å². The van der Waals surface area contributed by atoms with Gasteiger partial charge in [0.25, 0.3) is 0 Å². The highest BCUT2D eigenvalue weighted by molar-refractivity contribution is 9.10. The van der Waals surface area contributed by atoms with Crippen LogP contribution in [0.3, 0.4) is 0 Å². The van der Waals surface area contributed by atoms with Crippen LogP contribution in [0, 0.1) is 5.41 Å². The summed E-state index contributed by atoms with van der Waals surface area (Å²) in [4.78, 5) is 35.8. The molecule has 0 amide bonds. The number of hydrogen-bond donors (Lipinski definition) is 1. The number of carbonyl (C=O) groups is 1. The van der Waals surface area contributed by atoms with E-state index >= 15 is 0 Å². The lowest BCUT2D eigenvalue weighted by Gasteiger charge is -2.41. The molecule has 4 aromatic rings. The van der Waals surface area contributed by atoms with Gasteiger partial charge < -0.3 is 5.11 Å². The third-order valence-electron chi connectivity index (χ3n) is 5.72. The smallest absolute Gasteiger partial charge is 0.214 e. The molecule has 0 aliphatic carbocycles. The van der Waals surface area contributed by atoms with Crippen molar-refractivity contribution in [2.24, 2.45) is 5.41 Å². The molecule has 0 bridgehead atoms. The third kappa shape index (κ3) is 6.19. The lowest BCUT2D eigenvalue weighted by Crippen LogP contribution is -2.43. The highest BCUT2D eigenvalue weighted by atomic mass is 79.9. The minimum atomic E-state index is -1.23. The van der Waals surface area contributed by atoms with Gasteiger partial charge in [-0.15, -0.1) is 0 Å². The van der Waals surface area contributed by atoms with E-state index in [1.807, 2.05) is 32.9 Å². The second kappa shape index (κ2) is 11.7. The Kier molecular flexibility index (Phi) is 8.87. The maximum atomic E-state index is 11.8. The zero-order valence-electron chi connectivity index (χ0n) is 19.4. The molecule has 1 atom stereocenters. The van der Waals surface area contributed by atoms with Gasteiger partial charge >= 0.3 is 0 Å². The van der Waals surface area contributed by atoms with Crippen LogP contribution >= 0.6 is 31.9 Å². The van der Waals surface area contributed by atoms with Gasteiger partial charge in [-0.25, -0.2) is 19.9 Å². The van der Waals surface area contributed by atoms with Crippen molar-refractivity contribution in [3.63, 3.8) is 0 Å². The molecule has 4 heterocycles. The van der Waals surface area contributed by atoms with Crippen LogP contribution < -0.4 is 0 Å². The lowest BCUT2D eigenvalue weighted by atomic mass is 9.68. The minimum Gasteiger partial charge on any atom is -0.378 e. The van der Waals surface area contributed by atoms with E-state index in [1.54, 1.807) is 36.9 Å². The molecule has 35 heavy (non-hydrogen) atoms. The van der Waals surface area contributed by atoms with E-state index in [2.05, 4.69) is 61.8 Å². The van der Waals surface area contributed by atoms with Crippen LogP contribution in [0.4, 0.5) is 0 Å². The molecular formula is C25H24Br2N6O2. The molecule has 10 heteroatoms. The fraction of sp³-hybridized carbons (Fsp3) is 0.240. The predicted molar refractivity (Wildman–Crippen MR) is 138 cm³/mol. The Balaban J connectivity index is 0.000000203. The van der Waals surface area contributed by atoms with Crippen LogP contribution in [0.2, 0.25) is 0 Å².